The molecule has 0 spiro atoms. The zero-order valence-corrected chi connectivity index (χ0v) is 22.3. The topological polar surface area (TPSA) is 98.8 Å². The van der Waals surface area contributed by atoms with E-state index in [2.05, 4.69) is 19.2 Å². The van der Waals surface area contributed by atoms with Gasteiger partial charge in [0.1, 0.15) is 6.42 Å². The number of carbonyl (C=O) groups excluding carboxylic acids is 4. The first-order valence-corrected chi connectivity index (χ1v) is 14.2. The third-order valence-corrected chi connectivity index (χ3v) is 6.52. The number of rotatable bonds is 22. The van der Waals surface area contributed by atoms with Crippen molar-refractivity contribution in [2.75, 3.05) is 0 Å². The van der Waals surface area contributed by atoms with Crippen LogP contribution < -0.4 is 5.32 Å². The van der Waals surface area contributed by atoms with Gasteiger partial charge in [-0.1, -0.05) is 117 Å². The van der Waals surface area contributed by atoms with Crippen molar-refractivity contribution in [1.29, 1.82) is 0 Å². The molecule has 202 valence electrons. The lowest BCUT2D eigenvalue weighted by Gasteiger charge is -2.25. The normalized spacial score (nSPS) is 14.7. The number of unbranched alkanes of at least 4 members (excludes halogenated alkanes) is 16. The second-order valence-electron chi connectivity index (χ2n) is 9.91. The molecule has 1 fully saturated rings. The smallest absolute Gasteiger partial charge is 0.345 e. The third kappa shape index (κ3) is 14.3. The lowest BCUT2D eigenvalue weighted by molar-refractivity contribution is -0.222. The van der Waals surface area contributed by atoms with Gasteiger partial charge in [0.2, 0.25) is 5.91 Å². The Hall–Kier alpha value is -1.92. The van der Waals surface area contributed by atoms with E-state index in [1.54, 1.807) is 0 Å². The molecule has 0 aliphatic carbocycles. The molecular formula is C28H49NO6. The maximum atomic E-state index is 12.4. The van der Waals surface area contributed by atoms with Crippen molar-refractivity contribution >= 4 is 23.8 Å². The zero-order chi connectivity index (χ0) is 25.8. The number of imide groups is 1. The molecule has 7 nitrogen and oxygen atoms in total. The van der Waals surface area contributed by atoms with Crippen molar-refractivity contribution in [2.45, 2.75) is 154 Å². The third-order valence-electron chi connectivity index (χ3n) is 6.52. The minimum atomic E-state index is -2.15. The van der Waals surface area contributed by atoms with Crippen LogP contribution in [-0.2, 0) is 28.7 Å². The Morgan fingerprint density at radius 2 is 0.971 bits per heavy atom. The van der Waals surface area contributed by atoms with Crippen LogP contribution in [0.4, 0.5) is 0 Å². The fourth-order valence-corrected chi connectivity index (χ4v) is 4.37. The number of amides is 2. The summed E-state index contributed by atoms with van der Waals surface area (Å²) in [5, 5.41) is 2.10. The van der Waals surface area contributed by atoms with Crippen LogP contribution in [0.15, 0.2) is 0 Å². The van der Waals surface area contributed by atoms with E-state index >= 15 is 0 Å². The maximum Gasteiger partial charge on any atom is 0.345 e. The van der Waals surface area contributed by atoms with E-state index in [0.717, 1.165) is 38.5 Å². The van der Waals surface area contributed by atoms with Gasteiger partial charge in [-0.05, 0) is 12.8 Å². The van der Waals surface area contributed by atoms with Crippen LogP contribution in [0.5, 0.6) is 0 Å². The highest BCUT2D eigenvalue weighted by Gasteiger charge is 2.54. The molecule has 1 aliphatic heterocycles. The molecule has 1 heterocycles. The highest BCUT2D eigenvalue weighted by molar-refractivity contribution is 6.08. The van der Waals surface area contributed by atoms with E-state index < -0.39 is 36.0 Å². The molecule has 0 radical (unpaired) electrons. The standard InChI is InChI=1S/C28H49NO6/c1-3-5-7-9-11-13-15-17-19-21-25(31)34-28(23-24(30)29-27(28)33)35-26(32)22-20-18-16-14-12-10-8-6-4-2/h3-23H2,1-2H3,(H,29,30,33). The van der Waals surface area contributed by atoms with Crippen LogP contribution in [0.3, 0.4) is 0 Å². The average Bonchev–Trinajstić information content (AvgIpc) is 3.08. The van der Waals surface area contributed by atoms with Crippen LogP contribution in [0.1, 0.15) is 149 Å². The van der Waals surface area contributed by atoms with Crippen molar-refractivity contribution in [3.05, 3.63) is 0 Å². The molecule has 35 heavy (non-hydrogen) atoms. The van der Waals surface area contributed by atoms with Gasteiger partial charge in [0, 0.05) is 12.8 Å². The predicted molar refractivity (Wildman–Crippen MR) is 136 cm³/mol. The van der Waals surface area contributed by atoms with E-state index in [0.29, 0.717) is 12.8 Å². The first kappa shape index (κ1) is 31.1. The summed E-state index contributed by atoms with van der Waals surface area (Å²) in [6.07, 6.45) is 19.8. The van der Waals surface area contributed by atoms with E-state index in [9.17, 15) is 19.2 Å². The molecule has 0 aromatic carbocycles. The summed E-state index contributed by atoms with van der Waals surface area (Å²) >= 11 is 0. The van der Waals surface area contributed by atoms with Gasteiger partial charge < -0.3 is 9.47 Å². The molecule has 1 aliphatic rings. The number of carbonyl (C=O) groups is 4. The average molecular weight is 496 g/mol. The molecule has 0 saturated carbocycles. The van der Waals surface area contributed by atoms with E-state index in [-0.39, 0.29) is 12.8 Å². The molecule has 2 amide bonds. The Labute approximate surface area is 212 Å². The van der Waals surface area contributed by atoms with Gasteiger partial charge in [-0.25, -0.2) is 0 Å². The zero-order valence-electron chi connectivity index (χ0n) is 22.3. The molecule has 1 rings (SSSR count). The second-order valence-corrected chi connectivity index (χ2v) is 9.91. The Kier molecular flexibility index (Phi) is 17.1. The van der Waals surface area contributed by atoms with Gasteiger partial charge in [0.15, 0.2) is 0 Å². The maximum absolute atomic E-state index is 12.4. The van der Waals surface area contributed by atoms with E-state index in [1.165, 1.54) is 64.2 Å². The minimum absolute atomic E-state index is 0.134. The van der Waals surface area contributed by atoms with Crippen molar-refractivity contribution in [1.82, 2.24) is 5.32 Å². The van der Waals surface area contributed by atoms with Crippen LogP contribution in [0.2, 0.25) is 0 Å². The van der Waals surface area contributed by atoms with Crippen LogP contribution >= 0.6 is 0 Å². The summed E-state index contributed by atoms with van der Waals surface area (Å²) < 4.78 is 10.6. The van der Waals surface area contributed by atoms with Crippen LogP contribution in [0, 0.1) is 0 Å². The van der Waals surface area contributed by atoms with Crippen molar-refractivity contribution < 1.29 is 28.7 Å². The number of ether oxygens (including phenoxy) is 2. The Balaban J connectivity index is 2.30. The van der Waals surface area contributed by atoms with Crippen LogP contribution in [-0.4, -0.2) is 29.5 Å². The van der Waals surface area contributed by atoms with Gasteiger partial charge in [0.25, 0.3) is 0 Å². The highest BCUT2D eigenvalue weighted by atomic mass is 16.7. The number of hydrogen-bond acceptors (Lipinski definition) is 6. The summed E-state index contributed by atoms with van der Waals surface area (Å²) in [5.41, 5.74) is 0. The van der Waals surface area contributed by atoms with E-state index in [4.69, 9.17) is 9.47 Å². The molecule has 1 saturated heterocycles. The second kappa shape index (κ2) is 19.3. The Morgan fingerprint density at radius 3 is 1.29 bits per heavy atom. The fraction of sp³-hybridized carbons (Fsp3) is 0.857. The predicted octanol–water partition coefficient (Wildman–Crippen LogP) is 6.66. The monoisotopic (exact) mass is 495 g/mol. The lowest BCUT2D eigenvalue weighted by Crippen LogP contribution is -2.46. The van der Waals surface area contributed by atoms with Gasteiger partial charge in [0.05, 0.1) is 0 Å². The largest absolute Gasteiger partial charge is 0.413 e. The first-order chi connectivity index (χ1) is 16.9. The minimum Gasteiger partial charge on any atom is -0.413 e. The molecule has 0 atom stereocenters. The molecule has 7 heteroatoms. The van der Waals surface area contributed by atoms with Crippen molar-refractivity contribution in [3.8, 4) is 0 Å². The van der Waals surface area contributed by atoms with Gasteiger partial charge in [-0.2, -0.15) is 0 Å². The fourth-order valence-electron chi connectivity index (χ4n) is 4.37. The number of hydrogen-bond donors (Lipinski definition) is 1. The van der Waals surface area contributed by atoms with Gasteiger partial charge >= 0.3 is 23.6 Å². The quantitative estimate of drug-likeness (QED) is 0.0780. The summed E-state index contributed by atoms with van der Waals surface area (Å²) in [7, 11) is 0. The van der Waals surface area contributed by atoms with Crippen molar-refractivity contribution in [3.63, 3.8) is 0 Å². The number of esters is 2. The molecule has 0 bridgehead atoms. The summed E-state index contributed by atoms with van der Waals surface area (Å²) in [6, 6.07) is 0. The molecule has 1 N–H and O–H groups in total. The lowest BCUT2D eigenvalue weighted by atomic mass is 10.1. The number of nitrogens with one attached hydrogen (secondary N) is 1. The van der Waals surface area contributed by atoms with E-state index in [1.807, 2.05) is 0 Å². The molecular weight excluding hydrogens is 446 g/mol. The van der Waals surface area contributed by atoms with Crippen molar-refractivity contribution in [2.24, 2.45) is 0 Å². The molecule has 0 unspecified atom stereocenters. The Morgan fingerprint density at radius 1 is 0.629 bits per heavy atom. The summed E-state index contributed by atoms with van der Waals surface area (Å²) in [5.74, 6) is -4.86. The summed E-state index contributed by atoms with van der Waals surface area (Å²) in [4.78, 5) is 48.8. The summed E-state index contributed by atoms with van der Waals surface area (Å²) in [6.45, 7) is 4.40. The van der Waals surface area contributed by atoms with Gasteiger partial charge in [-0.15, -0.1) is 0 Å². The first-order valence-electron chi connectivity index (χ1n) is 14.2. The molecule has 0 aromatic rings. The Bertz CT molecular complexity index is 597. The van der Waals surface area contributed by atoms with Crippen LogP contribution in [0.25, 0.3) is 0 Å². The SMILES string of the molecule is CCCCCCCCCCCC(=O)OC1(OC(=O)CCCCCCCCCCC)CC(=O)NC1=O. The molecule has 0 aromatic heterocycles. The van der Waals surface area contributed by atoms with Gasteiger partial charge in [-0.3, -0.25) is 24.5 Å². The highest BCUT2D eigenvalue weighted by Crippen LogP contribution is 2.26.